The van der Waals surface area contributed by atoms with Crippen molar-refractivity contribution in [2.45, 2.75) is 26.2 Å². The van der Waals surface area contributed by atoms with Crippen molar-refractivity contribution in [3.05, 3.63) is 197 Å². The molecule has 0 spiro atoms. The molecule has 0 saturated heterocycles. The Kier molecular flexibility index (Phi) is 8.89. The van der Waals surface area contributed by atoms with Crippen LogP contribution in [0.15, 0.2) is 164 Å². The molecule has 0 fully saturated rings. The molecule has 62 heavy (non-hydrogen) atoms. The third kappa shape index (κ3) is 6.38. The Balaban J connectivity index is 1.36. The number of alkyl halides is 6. The lowest BCUT2D eigenvalue weighted by molar-refractivity contribution is -0.142. The van der Waals surface area contributed by atoms with E-state index >= 15 is 0 Å². The number of nitrogens with zero attached hydrogens (tertiary/aromatic N) is 3. The van der Waals surface area contributed by atoms with E-state index in [2.05, 4.69) is 23.0 Å². The first-order valence-corrected chi connectivity index (χ1v) is 19.8. The average Bonchev–Trinajstić information content (AvgIpc) is 3.77. The van der Waals surface area contributed by atoms with Crippen LogP contribution in [0.4, 0.5) is 32.0 Å². The van der Waals surface area contributed by atoms with Gasteiger partial charge < -0.3 is 9.13 Å². The zero-order chi connectivity index (χ0) is 43.1. The normalized spacial score (nSPS) is 12.2. The van der Waals surface area contributed by atoms with Crippen LogP contribution < -0.4 is 0 Å². The quantitative estimate of drug-likeness (QED) is 0.121. The molecule has 0 radical (unpaired) electrons. The molecule has 302 valence electrons. The fourth-order valence-electron chi connectivity index (χ4n) is 8.73. The van der Waals surface area contributed by atoms with Gasteiger partial charge in [0.05, 0.1) is 51.1 Å². The summed E-state index contributed by atoms with van der Waals surface area (Å²) in [4.78, 5) is 3.79. The van der Waals surface area contributed by atoms with Crippen LogP contribution in [0.2, 0.25) is 0 Å². The molecule has 0 aliphatic rings. The maximum atomic E-state index is 15.0. The van der Waals surface area contributed by atoms with Gasteiger partial charge in [-0.1, -0.05) is 126 Å². The Bertz CT molecular complexity index is 3450. The van der Waals surface area contributed by atoms with Gasteiger partial charge in [0, 0.05) is 21.5 Å². The monoisotopic (exact) mass is 825 g/mol. The van der Waals surface area contributed by atoms with E-state index in [9.17, 15) is 26.3 Å². The van der Waals surface area contributed by atoms with Crippen LogP contribution in [0.3, 0.4) is 0 Å². The highest BCUT2D eigenvalue weighted by Gasteiger charge is 2.39. The van der Waals surface area contributed by atoms with Crippen LogP contribution in [-0.2, 0) is 12.4 Å². The molecule has 2 aromatic heterocycles. The molecule has 0 bridgehead atoms. The standard InChI is InChI=1S/C53H33F6N3/c1-31-12-16-33(17-13-31)35-20-23-41-39-8-4-6-10-46(39)61(48(41)26-35)50-29-43(38-25-22-37(52(54,55)56)28-44(38)53(57,58)59)45(60-3)30-51(50)62-47-11-7-5-9-40(47)42-24-21-36(27-49(42)62)34-18-14-32(2)15-19-34/h4-30H,1-2H3. The second-order valence-electron chi connectivity index (χ2n) is 15.6. The van der Waals surface area contributed by atoms with Crippen LogP contribution >= 0.6 is 0 Å². The fraction of sp³-hybridized carbons (Fsp3) is 0.0755. The minimum Gasteiger partial charge on any atom is -0.308 e. The molecule has 8 aromatic carbocycles. The van der Waals surface area contributed by atoms with Crippen LogP contribution in [0.5, 0.6) is 0 Å². The maximum absolute atomic E-state index is 15.0. The summed E-state index contributed by atoms with van der Waals surface area (Å²) in [5.41, 5.74) is 6.23. The van der Waals surface area contributed by atoms with Gasteiger partial charge in [0.15, 0.2) is 5.69 Å². The van der Waals surface area contributed by atoms with E-state index in [1.165, 1.54) is 6.07 Å². The molecule has 0 saturated carbocycles. The van der Waals surface area contributed by atoms with Crippen molar-refractivity contribution in [1.82, 2.24) is 9.13 Å². The van der Waals surface area contributed by atoms with E-state index < -0.39 is 29.0 Å². The lowest BCUT2D eigenvalue weighted by Crippen LogP contribution is -2.12. The second-order valence-corrected chi connectivity index (χ2v) is 15.6. The van der Waals surface area contributed by atoms with E-state index in [1.54, 1.807) is 6.07 Å². The first kappa shape index (κ1) is 38.6. The van der Waals surface area contributed by atoms with Gasteiger partial charge in [-0.3, -0.25) is 0 Å². The van der Waals surface area contributed by atoms with Gasteiger partial charge in [-0.05, 0) is 95.8 Å². The first-order valence-electron chi connectivity index (χ1n) is 19.8. The molecule has 0 N–H and O–H groups in total. The third-order valence-corrected chi connectivity index (χ3v) is 11.8. The molecule has 10 aromatic rings. The molecule has 3 nitrogen and oxygen atoms in total. The number of aryl methyl sites for hydroxylation is 2. The van der Waals surface area contributed by atoms with Gasteiger partial charge in [0.25, 0.3) is 0 Å². The summed E-state index contributed by atoms with van der Waals surface area (Å²) in [6.45, 7) is 12.4. The topological polar surface area (TPSA) is 14.2 Å². The third-order valence-electron chi connectivity index (χ3n) is 11.8. The van der Waals surface area contributed by atoms with Crippen molar-refractivity contribution in [3.8, 4) is 44.8 Å². The van der Waals surface area contributed by atoms with Crippen LogP contribution in [0.25, 0.3) is 93.2 Å². The first-order chi connectivity index (χ1) is 29.8. The molecule has 10 rings (SSSR count). The number of para-hydroxylation sites is 2. The second kappa shape index (κ2) is 14.3. The molecular weight excluding hydrogens is 793 g/mol. The van der Waals surface area contributed by atoms with Crippen molar-refractivity contribution in [1.29, 1.82) is 0 Å². The molecule has 0 atom stereocenters. The largest absolute Gasteiger partial charge is 0.416 e. The lowest BCUT2D eigenvalue weighted by Gasteiger charge is -2.22. The number of hydrogen-bond acceptors (Lipinski definition) is 0. The molecular formula is C53H33F6N3. The summed E-state index contributed by atoms with van der Waals surface area (Å²) in [5, 5.41) is 3.60. The van der Waals surface area contributed by atoms with Gasteiger partial charge in [-0.15, -0.1) is 0 Å². The predicted molar refractivity (Wildman–Crippen MR) is 237 cm³/mol. The van der Waals surface area contributed by atoms with Crippen molar-refractivity contribution < 1.29 is 26.3 Å². The highest BCUT2D eigenvalue weighted by atomic mass is 19.4. The van der Waals surface area contributed by atoms with E-state index in [0.29, 0.717) is 17.4 Å². The zero-order valence-corrected chi connectivity index (χ0v) is 33.2. The van der Waals surface area contributed by atoms with Crippen molar-refractivity contribution in [3.63, 3.8) is 0 Å². The molecule has 0 unspecified atom stereocenters. The van der Waals surface area contributed by atoms with Gasteiger partial charge in [0.2, 0.25) is 0 Å². The maximum Gasteiger partial charge on any atom is 0.416 e. The SMILES string of the molecule is [C-]#[N+]c1cc(-n2c3ccccc3c3ccc(-c4ccc(C)cc4)cc32)c(-n2c3ccccc3c3ccc(-c4ccc(C)cc4)cc32)cc1-c1ccc(C(F)(F)F)cc1C(F)(F)F. The highest BCUT2D eigenvalue weighted by Crippen LogP contribution is 2.48. The summed E-state index contributed by atoms with van der Waals surface area (Å²) < 4.78 is 90.8. The highest BCUT2D eigenvalue weighted by molar-refractivity contribution is 6.13. The Morgan fingerprint density at radius 3 is 1.34 bits per heavy atom. The van der Waals surface area contributed by atoms with E-state index in [-0.39, 0.29) is 17.3 Å². The Labute approximate surface area is 352 Å². The fourth-order valence-corrected chi connectivity index (χ4v) is 8.73. The average molecular weight is 826 g/mol. The number of hydrogen-bond donors (Lipinski definition) is 0. The smallest absolute Gasteiger partial charge is 0.308 e. The molecule has 0 aliphatic heterocycles. The van der Waals surface area contributed by atoms with Gasteiger partial charge in [-0.25, -0.2) is 4.85 Å². The number of aromatic nitrogens is 2. The molecule has 0 amide bonds. The van der Waals surface area contributed by atoms with Crippen LogP contribution in [-0.4, -0.2) is 9.13 Å². The number of fused-ring (bicyclic) bond motifs is 6. The Morgan fingerprint density at radius 2 is 0.871 bits per heavy atom. The van der Waals surface area contributed by atoms with Crippen molar-refractivity contribution in [2.24, 2.45) is 0 Å². The van der Waals surface area contributed by atoms with Gasteiger partial charge in [-0.2, -0.15) is 26.3 Å². The Morgan fingerprint density at radius 1 is 0.419 bits per heavy atom. The summed E-state index contributed by atoms with van der Waals surface area (Å²) >= 11 is 0. The molecule has 0 aliphatic carbocycles. The van der Waals surface area contributed by atoms with E-state index in [1.807, 2.05) is 138 Å². The van der Waals surface area contributed by atoms with Crippen LogP contribution in [0.1, 0.15) is 22.3 Å². The summed E-state index contributed by atoms with van der Waals surface area (Å²) in [6, 6.07) is 48.9. The summed E-state index contributed by atoms with van der Waals surface area (Å²) in [6.07, 6.45) is -10.2. The van der Waals surface area contributed by atoms with Crippen LogP contribution in [0, 0.1) is 20.4 Å². The number of benzene rings is 8. The van der Waals surface area contributed by atoms with Crippen molar-refractivity contribution >= 4 is 49.3 Å². The minimum atomic E-state index is -5.18. The molecule has 9 heteroatoms. The predicted octanol–water partition coefficient (Wildman–Crippen LogP) is 16.1. The van der Waals surface area contributed by atoms with E-state index in [0.717, 1.165) is 83.1 Å². The molecule has 2 heterocycles. The number of rotatable bonds is 5. The Hall–Kier alpha value is -7.57. The summed E-state index contributed by atoms with van der Waals surface area (Å²) in [5.74, 6) is 0. The van der Waals surface area contributed by atoms with Crippen molar-refractivity contribution in [2.75, 3.05) is 0 Å². The summed E-state index contributed by atoms with van der Waals surface area (Å²) in [7, 11) is 0. The lowest BCUT2D eigenvalue weighted by atomic mass is 9.94. The minimum absolute atomic E-state index is 0.129. The number of halogens is 6. The van der Waals surface area contributed by atoms with Gasteiger partial charge in [0.1, 0.15) is 0 Å². The van der Waals surface area contributed by atoms with E-state index in [4.69, 9.17) is 6.57 Å². The zero-order valence-electron chi connectivity index (χ0n) is 33.2. The van der Waals surface area contributed by atoms with Gasteiger partial charge >= 0.3 is 12.4 Å².